The Morgan fingerprint density at radius 3 is 2.68 bits per heavy atom. The topological polar surface area (TPSA) is 52.6 Å². The van der Waals surface area contributed by atoms with Gasteiger partial charge in [-0.05, 0) is 62.4 Å². The molecule has 0 unspecified atom stereocenters. The van der Waals surface area contributed by atoms with Gasteiger partial charge < -0.3 is 9.47 Å². The molecule has 1 fully saturated rings. The summed E-state index contributed by atoms with van der Waals surface area (Å²) in [6.07, 6.45) is 5.12. The molecule has 0 radical (unpaired) electrons. The van der Waals surface area contributed by atoms with Crippen molar-refractivity contribution >= 4 is 11.9 Å². The number of allylic oxidation sites excluding steroid dienone is 2. The highest BCUT2D eigenvalue weighted by Crippen LogP contribution is 2.54. The van der Waals surface area contributed by atoms with Gasteiger partial charge >= 0.3 is 11.9 Å². The van der Waals surface area contributed by atoms with Gasteiger partial charge in [0.05, 0.1) is 7.11 Å². The molecule has 0 amide bonds. The molecule has 1 aliphatic heterocycles. The Balaban J connectivity index is 2.28. The zero-order chi connectivity index (χ0) is 18.8. The Labute approximate surface area is 151 Å². The molecule has 1 heterocycles. The van der Waals surface area contributed by atoms with Crippen molar-refractivity contribution in [2.75, 3.05) is 7.11 Å². The van der Waals surface area contributed by atoms with Gasteiger partial charge in [0.15, 0.2) is 0 Å². The average molecular weight is 346 g/mol. The maximum Gasteiger partial charge on any atom is 0.331 e. The van der Waals surface area contributed by atoms with Crippen LogP contribution in [0, 0.1) is 17.3 Å². The minimum Gasteiger partial charge on any atom is -0.469 e. The molecule has 2 aliphatic rings. The summed E-state index contributed by atoms with van der Waals surface area (Å²) in [7, 11) is 1.42. The van der Waals surface area contributed by atoms with Gasteiger partial charge in [0.2, 0.25) is 0 Å². The largest absolute Gasteiger partial charge is 0.469 e. The summed E-state index contributed by atoms with van der Waals surface area (Å²) in [4.78, 5) is 23.3. The van der Waals surface area contributed by atoms with Gasteiger partial charge in [-0.25, -0.2) is 4.79 Å². The van der Waals surface area contributed by atoms with Crippen molar-refractivity contribution in [3.63, 3.8) is 0 Å². The molecule has 1 saturated carbocycles. The number of esters is 2. The normalized spacial score (nSPS) is 32.2. The Bertz CT molecular complexity index is 615. The number of hydrogen-bond acceptors (Lipinski definition) is 4. The van der Waals surface area contributed by atoms with E-state index in [9.17, 15) is 9.59 Å². The van der Waals surface area contributed by atoms with Crippen molar-refractivity contribution in [3.8, 4) is 0 Å². The van der Waals surface area contributed by atoms with Crippen LogP contribution in [0.25, 0.3) is 0 Å². The van der Waals surface area contributed by atoms with Gasteiger partial charge in [0.1, 0.15) is 6.10 Å². The summed E-state index contributed by atoms with van der Waals surface area (Å²) in [5.74, 6) is 0.0255. The smallest absolute Gasteiger partial charge is 0.331 e. The summed E-state index contributed by atoms with van der Waals surface area (Å²) in [6, 6.07) is 0. The quantitative estimate of drug-likeness (QED) is 0.529. The van der Waals surface area contributed by atoms with E-state index in [1.54, 1.807) is 6.08 Å². The third-order valence-corrected chi connectivity index (χ3v) is 6.09. The minimum atomic E-state index is -0.267. The molecular weight excluding hydrogens is 316 g/mol. The first kappa shape index (κ1) is 19.5. The summed E-state index contributed by atoms with van der Waals surface area (Å²) < 4.78 is 10.3. The summed E-state index contributed by atoms with van der Waals surface area (Å²) >= 11 is 0. The molecule has 0 bridgehead atoms. The number of methoxy groups -OCH3 is 1. The molecule has 1 aliphatic carbocycles. The van der Waals surface area contributed by atoms with Crippen molar-refractivity contribution in [3.05, 3.63) is 36.0 Å². The van der Waals surface area contributed by atoms with Crippen LogP contribution in [0.15, 0.2) is 36.0 Å². The highest BCUT2D eigenvalue weighted by atomic mass is 16.5. The highest BCUT2D eigenvalue weighted by molar-refractivity contribution is 5.85. The van der Waals surface area contributed by atoms with Crippen LogP contribution in [0.3, 0.4) is 0 Å². The number of rotatable bonds is 6. The number of hydrogen-bond donors (Lipinski definition) is 0. The van der Waals surface area contributed by atoms with Crippen LogP contribution in [-0.2, 0) is 19.1 Å². The van der Waals surface area contributed by atoms with E-state index >= 15 is 0 Å². The standard InChI is InChI=1S/C21H30O4/c1-13(2)16-8-7-14(3)17(12-18-15(4)11-20(23)25-18)21(16,5)10-9-19(22)24-6/h11,16-18H,1,3,7-10,12H2,2,4-6H3/t16-,17-,18-,21-/m1/s1. The van der Waals surface area contributed by atoms with Gasteiger partial charge in [-0.2, -0.15) is 0 Å². The monoisotopic (exact) mass is 346 g/mol. The van der Waals surface area contributed by atoms with E-state index in [4.69, 9.17) is 9.47 Å². The predicted octanol–water partition coefficient (Wildman–Crippen LogP) is 4.37. The zero-order valence-electron chi connectivity index (χ0n) is 15.9. The molecule has 0 spiro atoms. The van der Waals surface area contributed by atoms with Gasteiger partial charge in [0, 0.05) is 12.5 Å². The first-order chi connectivity index (χ1) is 11.7. The molecule has 4 heteroatoms. The lowest BCUT2D eigenvalue weighted by Gasteiger charge is -2.50. The van der Waals surface area contributed by atoms with E-state index in [1.165, 1.54) is 12.7 Å². The maximum atomic E-state index is 11.8. The molecule has 0 aromatic heterocycles. The van der Waals surface area contributed by atoms with E-state index in [0.29, 0.717) is 25.2 Å². The van der Waals surface area contributed by atoms with Crippen LogP contribution in [0.4, 0.5) is 0 Å². The predicted molar refractivity (Wildman–Crippen MR) is 97.8 cm³/mol. The molecule has 2 rings (SSSR count). The zero-order valence-corrected chi connectivity index (χ0v) is 15.9. The molecule has 0 saturated heterocycles. The molecule has 138 valence electrons. The second kappa shape index (κ2) is 7.59. The van der Waals surface area contributed by atoms with Crippen molar-refractivity contribution in [1.82, 2.24) is 0 Å². The summed E-state index contributed by atoms with van der Waals surface area (Å²) in [5.41, 5.74) is 3.14. The molecule has 0 aromatic rings. The molecular formula is C21H30O4. The molecule has 4 atom stereocenters. The van der Waals surface area contributed by atoms with Crippen molar-refractivity contribution in [2.24, 2.45) is 17.3 Å². The second-order valence-electron chi connectivity index (χ2n) is 7.78. The highest BCUT2D eigenvalue weighted by Gasteiger charge is 2.47. The first-order valence-corrected chi connectivity index (χ1v) is 8.97. The fraction of sp³-hybridized carbons (Fsp3) is 0.619. The Morgan fingerprint density at radius 1 is 1.48 bits per heavy atom. The maximum absolute atomic E-state index is 11.8. The fourth-order valence-corrected chi connectivity index (χ4v) is 4.60. The lowest BCUT2D eigenvalue weighted by Crippen LogP contribution is -2.42. The van der Waals surface area contributed by atoms with E-state index in [1.807, 2.05) is 6.92 Å². The Morgan fingerprint density at radius 2 is 2.16 bits per heavy atom. The van der Waals surface area contributed by atoms with Crippen LogP contribution in [0.5, 0.6) is 0 Å². The average Bonchev–Trinajstić information content (AvgIpc) is 2.86. The van der Waals surface area contributed by atoms with Crippen LogP contribution < -0.4 is 0 Å². The van der Waals surface area contributed by atoms with E-state index < -0.39 is 0 Å². The summed E-state index contributed by atoms with van der Waals surface area (Å²) in [6.45, 7) is 14.7. The summed E-state index contributed by atoms with van der Waals surface area (Å²) in [5, 5.41) is 0. The van der Waals surface area contributed by atoms with E-state index in [0.717, 1.165) is 24.0 Å². The van der Waals surface area contributed by atoms with Crippen LogP contribution >= 0.6 is 0 Å². The third kappa shape index (κ3) is 4.05. The molecule has 0 N–H and O–H groups in total. The van der Waals surface area contributed by atoms with Crippen LogP contribution in [0.1, 0.15) is 52.9 Å². The van der Waals surface area contributed by atoms with Gasteiger partial charge in [-0.1, -0.05) is 31.2 Å². The van der Waals surface area contributed by atoms with Crippen molar-refractivity contribution in [2.45, 2.75) is 59.0 Å². The number of carbonyl (C=O) groups excluding carboxylic acids is 2. The van der Waals surface area contributed by atoms with Crippen LogP contribution in [-0.4, -0.2) is 25.2 Å². The van der Waals surface area contributed by atoms with Gasteiger partial charge in [-0.3, -0.25) is 4.79 Å². The third-order valence-electron chi connectivity index (χ3n) is 6.09. The minimum absolute atomic E-state index is 0.148. The lowest BCUT2D eigenvalue weighted by molar-refractivity contribution is -0.141. The van der Waals surface area contributed by atoms with E-state index in [-0.39, 0.29) is 29.4 Å². The van der Waals surface area contributed by atoms with Crippen molar-refractivity contribution < 1.29 is 19.1 Å². The number of carbonyl (C=O) groups is 2. The first-order valence-electron chi connectivity index (χ1n) is 8.97. The number of cyclic esters (lactones) is 1. The van der Waals surface area contributed by atoms with Gasteiger partial charge in [-0.15, -0.1) is 0 Å². The van der Waals surface area contributed by atoms with E-state index in [2.05, 4.69) is 27.0 Å². The van der Waals surface area contributed by atoms with Gasteiger partial charge in [0.25, 0.3) is 0 Å². The SMILES string of the molecule is C=C(C)[C@H]1CCC(=C)[C@@H](C[C@H]2OC(=O)C=C2C)[C@]1(C)CCC(=O)OC. The Kier molecular flexibility index (Phi) is 5.91. The molecule has 4 nitrogen and oxygen atoms in total. The number of ether oxygens (including phenoxy) is 2. The lowest BCUT2D eigenvalue weighted by atomic mass is 9.55. The molecule has 25 heavy (non-hydrogen) atoms. The van der Waals surface area contributed by atoms with Crippen LogP contribution in [0.2, 0.25) is 0 Å². The molecule has 0 aromatic carbocycles. The fourth-order valence-electron chi connectivity index (χ4n) is 4.60. The Hall–Kier alpha value is -1.84. The second-order valence-corrected chi connectivity index (χ2v) is 7.78. The van der Waals surface area contributed by atoms with Crippen molar-refractivity contribution in [1.29, 1.82) is 0 Å².